The molecule has 1 rings (SSSR count). The van der Waals surface area contributed by atoms with E-state index in [1.165, 1.54) is 0 Å². The van der Waals surface area contributed by atoms with Crippen molar-refractivity contribution < 1.29 is 9.59 Å². The van der Waals surface area contributed by atoms with Crippen molar-refractivity contribution in [1.29, 1.82) is 0 Å². The number of nitrogens with zero attached hydrogens (tertiary/aromatic N) is 1. The zero-order valence-corrected chi connectivity index (χ0v) is 11.4. The topological polar surface area (TPSA) is 89.4 Å². The summed E-state index contributed by atoms with van der Waals surface area (Å²) >= 11 is 0. The van der Waals surface area contributed by atoms with Crippen molar-refractivity contribution in [3.63, 3.8) is 0 Å². The van der Waals surface area contributed by atoms with Gasteiger partial charge in [0, 0.05) is 6.04 Å². The van der Waals surface area contributed by atoms with Gasteiger partial charge in [-0.15, -0.1) is 0 Å². The number of hydrogen-bond donors (Lipinski definition) is 2. The molecule has 2 amide bonds. The van der Waals surface area contributed by atoms with Gasteiger partial charge in [0.25, 0.3) is 0 Å². The molecule has 1 saturated carbocycles. The van der Waals surface area contributed by atoms with Gasteiger partial charge in [0.1, 0.15) is 0 Å². The Balaban J connectivity index is 2.74. The molecule has 1 aliphatic rings. The van der Waals surface area contributed by atoms with Crippen molar-refractivity contribution in [1.82, 2.24) is 4.90 Å². The molecule has 0 aliphatic heterocycles. The van der Waals surface area contributed by atoms with Crippen molar-refractivity contribution in [3.05, 3.63) is 0 Å². The highest BCUT2D eigenvalue weighted by molar-refractivity contribution is 5.87. The van der Waals surface area contributed by atoms with Crippen molar-refractivity contribution in [3.8, 4) is 0 Å². The van der Waals surface area contributed by atoms with E-state index in [9.17, 15) is 9.59 Å². The minimum atomic E-state index is -0.532. The molecule has 5 heteroatoms. The van der Waals surface area contributed by atoms with Crippen LogP contribution in [0.25, 0.3) is 0 Å². The third-order valence-electron chi connectivity index (χ3n) is 3.92. The summed E-state index contributed by atoms with van der Waals surface area (Å²) in [5, 5.41) is 0. The fraction of sp³-hybridized carbons (Fsp3) is 0.846. The number of nitrogens with two attached hydrogens (primary N) is 2. The summed E-state index contributed by atoms with van der Waals surface area (Å²) in [6, 6.07) is -0.393. The van der Waals surface area contributed by atoms with Crippen LogP contribution in [0.4, 0.5) is 0 Å². The maximum absolute atomic E-state index is 12.4. The van der Waals surface area contributed by atoms with Crippen LogP contribution < -0.4 is 11.5 Å². The zero-order valence-electron chi connectivity index (χ0n) is 11.4. The lowest BCUT2D eigenvalue weighted by Gasteiger charge is -2.31. The molecular formula is C13H25N3O2. The summed E-state index contributed by atoms with van der Waals surface area (Å²) in [6.07, 6.45) is 4.96. The Kier molecular flexibility index (Phi) is 5.59. The number of hydrogen-bond acceptors (Lipinski definition) is 3. The van der Waals surface area contributed by atoms with Gasteiger partial charge in [-0.3, -0.25) is 9.59 Å². The van der Waals surface area contributed by atoms with Gasteiger partial charge in [-0.05, 0) is 18.8 Å². The molecule has 0 radical (unpaired) electrons. The fourth-order valence-electron chi connectivity index (χ4n) is 2.46. The Labute approximate surface area is 109 Å². The first-order valence-corrected chi connectivity index (χ1v) is 6.81. The Morgan fingerprint density at radius 2 is 1.89 bits per heavy atom. The molecule has 18 heavy (non-hydrogen) atoms. The third-order valence-corrected chi connectivity index (χ3v) is 3.92. The first-order chi connectivity index (χ1) is 8.47. The minimum Gasteiger partial charge on any atom is -0.368 e. The molecule has 2 atom stereocenters. The van der Waals surface area contributed by atoms with Crippen LogP contribution in [0.3, 0.4) is 0 Å². The number of carbonyl (C=O) groups is 2. The van der Waals surface area contributed by atoms with Crippen molar-refractivity contribution in [2.24, 2.45) is 17.4 Å². The van der Waals surface area contributed by atoms with E-state index in [1.54, 1.807) is 4.90 Å². The summed E-state index contributed by atoms with van der Waals surface area (Å²) in [5.74, 6) is -0.476. The van der Waals surface area contributed by atoms with E-state index in [0.717, 1.165) is 32.1 Å². The van der Waals surface area contributed by atoms with Crippen LogP contribution in [0.15, 0.2) is 0 Å². The Bertz CT molecular complexity index is 301. The van der Waals surface area contributed by atoms with Crippen LogP contribution in [0, 0.1) is 5.92 Å². The number of primary amides is 1. The average molecular weight is 255 g/mol. The number of rotatable bonds is 6. The van der Waals surface area contributed by atoms with Crippen LogP contribution in [0.1, 0.15) is 46.0 Å². The van der Waals surface area contributed by atoms with E-state index in [4.69, 9.17) is 11.5 Å². The molecule has 0 aromatic rings. The highest BCUT2D eigenvalue weighted by Crippen LogP contribution is 2.24. The van der Waals surface area contributed by atoms with Crippen LogP contribution in [-0.4, -0.2) is 35.3 Å². The van der Waals surface area contributed by atoms with Crippen LogP contribution >= 0.6 is 0 Å². The van der Waals surface area contributed by atoms with Crippen LogP contribution in [-0.2, 0) is 9.59 Å². The SMILES string of the molecule is CC[C@H](C)[C@H](N)C(=O)N(CC(N)=O)C1CCCC1. The molecule has 0 aromatic heterocycles. The van der Waals surface area contributed by atoms with Gasteiger partial charge in [0.05, 0.1) is 12.6 Å². The van der Waals surface area contributed by atoms with Gasteiger partial charge in [0.15, 0.2) is 0 Å². The second-order valence-corrected chi connectivity index (χ2v) is 5.28. The van der Waals surface area contributed by atoms with Gasteiger partial charge in [-0.1, -0.05) is 33.1 Å². The average Bonchev–Trinajstić information content (AvgIpc) is 2.86. The summed E-state index contributed by atoms with van der Waals surface area (Å²) in [7, 11) is 0. The summed E-state index contributed by atoms with van der Waals surface area (Å²) < 4.78 is 0. The van der Waals surface area contributed by atoms with Crippen molar-refractivity contribution in [2.75, 3.05) is 6.54 Å². The van der Waals surface area contributed by atoms with Crippen LogP contribution in [0.2, 0.25) is 0 Å². The standard InChI is InChI=1S/C13H25N3O2/c1-3-9(2)12(15)13(18)16(8-11(14)17)10-6-4-5-7-10/h9-10,12H,3-8,15H2,1-2H3,(H2,14,17)/t9-,12-/m0/s1. The molecule has 0 unspecified atom stereocenters. The second-order valence-electron chi connectivity index (χ2n) is 5.28. The summed E-state index contributed by atoms with van der Waals surface area (Å²) in [6.45, 7) is 3.96. The lowest BCUT2D eigenvalue weighted by Crippen LogP contribution is -2.52. The Morgan fingerprint density at radius 1 is 1.33 bits per heavy atom. The largest absolute Gasteiger partial charge is 0.368 e. The monoisotopic (exact) mass is 255 g/mol. The first-order valence-electron chi connectivity index (χ1n) is 6.81. The molecule has 104 valence electrons. The zero-order chi connectivity index (χ0) is 13.7. The molecule has 0 spiro atoms. The maximum Gasteiger partial charge on any atom is 0.240 e. The second kappa shape index (κ2) is 6.73. The molecule has 0 heterocycles. The molecule has 0 bridgehead atoms. The third kappa shape index (κ3) is 3.70. The van der Waals surface area contributed by atoms with Crippen molar-refractivity contribution in [2.45, 2.75) is 58.0 Å². The predicted octanol–water partition coefficient (Wildman–Crippen LogP) is 0.616. The molecular weight excluding hydrogens is 230 g/mol. The molecule has 1 fully saturated rings. The molecule has 0 aromatic carbocycles. The summed E-state index contributed by atoms with van der Waals surface area (Å²) in [5.41, 5.74) is 11.2. The predicted molar refractivity (Wildman–Crippen MR) is 70.6 cm³/mol. The first kappa shape index (κ1) is 15.0. The van der Waals surface area contributed by atoms with Crippen molar-refractivity contribution >= 4 is 11.8 Å². The van der Waals surface area contributed by atoms with Gasteiger partial charge in [-0.25, -0.2) is 0 Å². The van der Waals surface area contributed by atoms with Gasteiger partial charge >= 0.3 is 0 Å². The number of carbonyl (C=O) groups excluding carboxylic acids is 2. The fourth-order valence-corrected chi connectivity index (χ4v) is 2.46. The normalized spacial score (nSPS) is 19.5. The summed E-state index contributed by atoms with van der Waals surface area (Å²) in [4.78, 5) is 25.1. The molecule has 5 nitrogen and oxygen atoms in total. The molecule has 4 N–H and O–H groups in total. The molecule has 1 aliphatic carbocycles. The van der Waals surface area contributed by atoms with E-state index in [2.05, 4.69) is 0 Å². The molecule has 0 saturated heterocycles. The van der Waals surface area contributed by atoms with E-state index in [0.29, 0.717) is 0 Å². The van der Waals surface area contributed by atoms with E-state index in [-0.39, 0.29) is 24.4 Å². The Hall–Kier alpha value is -1.10. The van der Waals surface area contributed by atoms with Gasteiger partial charge in [-0.2, -0.15) is 0 Å². The highest BCUT2D eigenvalue weighted by atomic mass is 16.2. The van der Waals surface area contributed by atoms with Gasteiger partial charge < -0.3 is 16.4 Å². The van der Waals surface area contributed by atoms with Crippen LogP contribution in [0.5, 0.6) is 0 Å². The van der Waals surface area contributed by atoms with E-state index in [1.807, 2.05) is 13.8 Å². The lowest BCUT2D eigenvalue weighted by atomic mass is 9.98. The smallest absolute Gasteiger partial charge is 0.240 e. The number of amides is 2. The minimum absolute atomic E-state index is 0.00632. The highest BCUT2D eigenvalue weighted by Gasteiger charge is 2.32. The van der Waals surface area contributed by atoms with Gasteiger partial charge in [0.2, 0.25) is 11.8 Å². The quantitative estimate of drug-likeness (QED) is 0.729. The lowest BCUT2D eigenvalue weighted by molar-refractivity contribution is -0.139. The van der Waals surface area contributed by atoms with E-state index < -0.39 is 11.9 Å². The Morgan fingerprint density at radius 3 is 2.33 bits per heavy atom. The maximum atomic E-state index is 12.4. The van der Waals surface area contributed by atoms with E-state index >= 15 is 0 Å².